The molecule has 0 aromatic heterocycles. The summed E-state index contributed by atoms with van der Waals surface area (Å²) in [4.78, 5) is 28.5. The molecule has 1 aliphatic heterocycles. The van der Waals surface area contributed by atoms with Gasteiger partial charge in [0.25, 0.3) is 0 Å². The normalized spacial score (nSPS) is 19.1. The largest absolute Gasteiger partial charge is 0.352 e. The van der Waals surface area contributed by atoms with Gasteiger partial charge in [0.15, 0.2) is 0 Å². The molecule has 26 heavy (non-hydrogen) atoms. The molecule has 142 valence electrons. The maximum atomic E-state index is 12.7. The van der Waals surface area contributed by atoms with Gasteiger partial charge in [0.1, 0.15) is 6.54 Å². The van der Waals surface area contributed by atoms with Crippen LogP contribution in [0.5, 0.6) is 0 Å². The number of carbonyl (C=O) groups is 2. The molecule has 1 aromatic carbocycles. The van der Waals surface area contributed by atoms with Crippen molar-refractivity contribution in [3.63, 3.8) is 0 Å². The van der Waals surface area contributed by atoms with E-state index in [-0.39, 0.29) is 24.5 Å². The van der Waals surface area contributed by atoms with Gasteiger partial charge in [0.05, 0.1) is 0 Å². The topological polar surface area (TPSA) is 52.6 Å². The second-order valence-electron chi connectivity index (χ2n) is 7.86. The summed E-state index contributed by atoms with van der Waals surface area (Å²) in [6, 6.07) is 8.37. The van der Waals surface area contributed by atoms with Crippen molar-refractivity contribution < 1.29 is 9.59 Å². The number of benzene rings is 1. The van der Waals surface area contributed by atoms with Crippen LogP contribution in [0.25, 0.3) is 0 Å². The Bertz CT molecular complexity index is 619. The molecular formula is C21H31N3O2. The van der Waals surface area contributed by atoms with E-state index in [1.165, 1.54) is 31.2 Å². The van der Waals surface area contributed by atoms with Crippen LogP contribution in [0.1, 0.15) is 63.9 Å². The molecule has 1 saturated carbocycles. The Morgan fingerprint density at radius 1 is 1.08 bits per heavy atom. The van der Waals surface area contributed by atoms with Gasteiger partial charge in [-0.05, 0) is 36.5 Å². The number of nitrogens with zero attached hydrogens (tertiary/aromatic N) is 2. The third-order valence-corrected chi connectivity index (χ3v) is 5.52. The summed E-state index contributed by atoms with van der Waals surface area (Å²) in [5.41, 5.74) is 2.17. The first kappa shape index (κ1) is 18.7. The summed E-state index contributed by atoms with van der Waals surface area (Å²) < 4.78 is 0. The summed E-state index contributed by atoms with van der Waals surface area (Å²) in [7, 11) is 0. The van der Waals surface area contributed by atoms with Crippen LogP contribution in [0.15, 0.2) is 24.3 Å². The van der Waals surface area contributed by atoms with Crippen LogP contribution in [0, 0.1) is 0 Å². The maximum absolute atomic E-state index is 12.7. The minimum atomic E-state index is -0.0710. The van der Waals surface area contributed by atoms with E-state index in [0.29, 0.717) is 19.0 Å². The number of nitrogens with one attached hydrogen (secondary N) is 1. The second kappa shape index (κ2) is 8.56. The average molecular weight is 357 g/mol. The van der Waals surface area contributed by atoms with E-state index in [4.69, 9.17) is 0 Å². The smallest absolute Gasteiger partial charge is 0.325 e. The SMILES string of the molecule is CC(C)c1ccc(N2CCN(CC(=O)NC3CCCCCC3)C2=O)cc1. The summed E-state index contributed by atoms with van der Waals surface area (Å²) in [6.45, 7) is 5.71. The van der Waals surface area contributed by atoms with Gasteiger partial charge in [-0.1, -0.05) is 51.7 Å². The van der Waals surface area contributed by atoms with Crippen molar-refractivity contribution in [2.45, 2.75) is 64.3 Å². The summed E-state index contributed by atoms with van der Waals surface area (Å²) in [6.07, 6.45) is 7.03. The summed E-state index contributed by atoms with van der Waals surface area (Å²) in [5, 5.41) is 3.13. The van der Waals surface area contributed by atoms with Crippen molar-refractivity contribution in [2.24, 2.45) is 0 Å². The highest BCUT2D eigenvalue weighted by Crippen LogP contribution is 2.23. The van der Waals surface area contributed by atoms with Crippen LogP contribution in [0.2, 0.25) is 0 Å². The van der Waals surface area contributed by atoms with Gasteiger partial charge < -0.3 is 10.2 Å². The van der Waals surface area contributed by atoms with Crippen molar-refractivity contribution >= 4 is 17.6 Å². The fraction of sp³-hybridized carbons (Fsp3) is 0.619. The van der Waals surface area contributed by atoms with Gasteiger partial charge in [-0.3, -0.25) is 9.69 Å². The number of hydrogen-bond acceptors (Lipinski definition) is 2. The first-order valence-electron chi connectivity index (χ1n) is 10.0. The molecule has 3 amide bonds. The molecule has 0 atom stereocenters. The Morgan fingerprint density at radius 2 is 1.73 bits per heavy atom. The van der Waals surface area contributed by atoms with E-state index in [9.17, 15) is 9.59 Å². The molecule has 0 radical (unpaired) electrons. The lowest BCUT2D eigenvalue weighted by molar-refractivity contribution is -0.122. The molecule has 1 heterocycles. The predicted molar refractivity (Wildman–Crippen MR) is 104 cm³/mol. The zero-order chi connectivity index (χ0) is 18.5. The third kappa shape index (κ3) is 4.57. The van der Waals surface area contributed by atoms with Crippen molar-refractivity contribution in [2.75, 3.05) is 24.5 Å². The molecule has 0 spiro atoms. The number of hydrogen-bond donors (Lipinski definition) is 1. The molecule has 5 nitrogen and oxygen atoms in total. The lowest BCUT2D eigenvalue weighted by Crippen LogP contribution is -2.43. The van der Waals surface area contributed by atoms with Crippen LogP contribution in [-0.4, -0.2) is 42.5 Å². The molecule has 3 rings (SSSR count). The molecule has 2 fully saturated rings. The molecule has 2 aliphatic rings. The summed E-state index contributed by atoms with van der Waals surface area (Å²) in [5.74, 6) is 0.449. The zero-order valence-corrected chi connectivity index (χ0v) is 16.0. The Hall–Kier alpha value is -2.04. The van der Waals surface area contributed by atoms with Crippen LogP contribution >= 0.6 is 0 Å². The third-order valence-electron chi connectivity index (χ3n) is 5.52. The molecule has 5 heteroatoms. The quantitative estimate of drug-likeness (QED) is 0.813. The van der Waals surface area contributed by atoms with E-state index in [2.05, 4.69) is 31.3 Å². The van der Waals surface area contributed by atoms with E-state index < -0.39 is 0 Å². The Kier molecular flexibility index (Phi) is 6.17. The maximum Gasteiger partial charge on any atom is 0.325 e. The Morgan fingerprint density at radius 3 is 2.35 bits per heavy atom. The van der Waals surface area contributed by atoms with Gasteiger partial charge in [0.2, 0.25) is 5.91 Å². The van der Waals surface area contributed by atoms with Gasteiger partial charge in [-0.15, -0.1) is 0 Å². The van der Waals surface area contributed by atoms with Gasteiger partial charge >= 0.3 is 6.03 Å². The van der Waals surface area contributed by atoms with Crippen LogP contribution in [0.3, 0.4) is 0 Å². The first-order chi connectivity index (χ1) is 12.5. The van der Waals surface area contributed by atoms with Gasteiger partial charge in [-0.2, -0.15) is 0 Å². The minimum Gasteiger partial charge on any atom is -0.352 e. The van der Waals surface area contributed by atoms with Crippen molar-refractivity contribution in [1.29, 1.82) is 0 Å². The molecule has 1 saturated heterocycles. The van der Waals surface area contributed by atoms with E-state index in [1.807, 2.05) is 12.1 Å². The molecular weight excluding hydrogens is 326 g/mol. The molecule has 0 bridgehead atoms. The number of amides is 3. The lowest BCUT2D eigenvalue weighted by Gasteiger charge is -2.21. The molecule has 1 aliphatic carbocycles. The van der Waals surface area contributed by atoms with Crippen molar-refractivity contribution in [1.82, 2.24) is 10.2 Å². The second-order valence-corrected chi connectivity index (χ2v) is 7.86. The van der Waals surface area contributed by atoms with Crippen molar-refractivity contribution in [3.05, 3.63) is 29.8 Å². The molecule has 0 unspecified atom stereocenters. The highest BCUT2D eigenvalue weighted by Gasteiger charge is 2.31. The van der Waals surface area contributed by atoms with Crippen LogP contribution in [0.4, 0.5) is 10.5 Å². The Labute approximate surface area is 156 Å². The average Bonchev–Trinajstić information content (AvgIpc) is 2.82. The zero-order valence-electron chi connectivity index (χ0n) is 16.0. The molecule has 1 N–H and O–H groups in total. The summed E-state index contributed by atoms with van der Waals surface area (Å²) >= 11 is 0. The van der Waals surface area contributed by atoms with Crippen LogP contribution < -0.4 is 10.2 Å². The predicted octanol–water partition coefficient (Wildman–Crippen LogP) is 3.89. The van der Waals surface area contributed by atoms with E-state index >= 15 is 0 Å². The highest BCUT2D eigenvalue weighted by atomic mass is 16.2. The fourth-order valence-corrected chi connectivity index (χ4v) is 3.88. The minimum absolute atomic E-state index is 0.0257. The van der Waals surface area contributed by atoms with E-state index in [1.54, 1.807) is 9.80 Å². The number of rotatable bonds is 5. The fourth-order valence-electron chi connectivity index (χ4n) is 3.88. The van der Waals surface area contributed by atoms with Crippen molar-refractivity contribution in [3.8, 4) is 0 Å². The first-order valence-corrected chi connectivity index (χ1v) is 10.0. The lowest BCUT2D eigenvalue weighted by atomic mass is 10.0. The number of carbonyl (C=O) groups excluding carboxylic acids is 2. The number of urea groups is 1. The monoisotopic (exact) mass is 357 g/mol. The highest BCUT2D eigenvalue weighted by molar-refractivity contribution is 5.96. The molecule has 1 aromatic rings. The van der Waals surface area contributed by atoms with Crippen LogP contribution in [-0.2, 0) is 4.79 Å². The number of anilines is 1. The Balaban J connectivity index is 1.54. The van der Waals surface area contributed by atoms with E-state index in [0.717, 1.165) is 18.5 Å². The standard InChI is InChI=1S/C21H31N3O2/c1-16(2)17-9-11-19(12-10-17)24-14-13-23(21(24)26)15-20(25)22-18-7-5-3-4-6-8-18/h9-12,16,18H,3-8,13-15H2,1-2H3,(H,22,25). The van der Waals surface area contributed by atoms with Gasteiger partial charge in [-0.25, -0.2) is 4.79 Å². The van der Waals surface area contributed by atoms with Gasteiger partial charge in [0, 0.05) is 24.8 Å².